The normalized spacial score (nSPS) is 11.9. The molecule has 151 valence electrons. The Bertz CT molecular complexity index is 985. The van der Waals surface area contributed by atoms with Gasteiger partial charge in [0.1, 0.15) is 0 Å². The average molecular weight is 565 g/mol. The molecule has 0 aromatic heterocycles. The van der Waals surface area contributed by atoms with Crippen molar-refractivity contribution < 1.29 is 17.1 Å². The Kier molecular flexibility index (Phi) is 5.07. The molecule has 4 rings (SSSR count). The molecule has 0 unspecified atom stereocenters. The summed E-state index contributed by atoms with van der Waals surface area (Å²) < 4.78 is 4.23. The number of nitrogens with two attached hydrogens (primary N) is 4. The summed E-state index contributed by atoms with van der Waals surface area (Å²) in [6, 6.07) is 31.9. The van der Waals surface area contributed by atoms with E-state index in [-0.39, 0.29) is 0 Å². The van der Waals surface area contributed by atoms with Crippen molar-refractivity contribution >= 4 is 37.9 Å². The first-order valence-corrected chi connectivity index (χ1v) is 13.4. The Hall–Kier alpha value is -3.18. The summed E-state index contributed by atoms with van der Waals surface area (Å²) in [5, 5.41) is 0. The van der Waals surface area contributed by atoms with Gasteiger partial charge in [-0.2, -0.15) is 0 Å². The predicted octanol–water partition coefficient (Wildman–Crippen LogP) is 1.77. The molecule has 4 aromatic rings. The van der Waals surface area contributed by atoms with Gasteiger partial charge >= 0.3 is 175 Å². The molecule has 0 heterocycles. The van der Waals surface area contributed by atoms with Gasteiger partial charge in [-0.05, 0) is 0 Å². The van der Waals surface area contributed by atoms with Gasteiger partial charge in [0.15, 0.2) is 0 Å². The average Bonchev–Trinajstić information content (AvgIpc) is 2.73. The minimum absolute atomic E-state index is 0.718. The van der Waals surface area contributed by atoms with Crippen LogP contribution in [-0.2, 0) is 17.1 Å². The monoisotopic (exact) mass is 565 g/mol. The molecular weight excluding hydrogens is 541 g/mol. The van der Waals surface area contributed by atoms with Gasteiger partial charge in [-0.3, -0.25) is 0 Å². The number of rotatable bonds is 4. The van der Waals surface area contributed by atoms with Gasteiger partial charge in [-0.25, -0.2) is 0 Å². The van der Waals surface area contributed by atoms with E-state index >= 15 is 0 Å². The van der Waals surface area contributed by atoms with Gasteiger partial charge in [0.05, 0.1) is 0 Å². The van der Waals surface area contributed by atoms with Crippen LogP contribution < -0.4 is 38.1 Å². The fourth-order valence-electron chi connectivity index (χ4n) is 3.19. The van der Waals surface area contributed by atoms with Crippen LogP contribution in [0.3, 0.4) is 0 Å². The molecule has 0 saturated carbocycles. The molecule has 0 spiro atoms. The maximum absolute atomic E-state index is 6.59. The molecule has 0 fully saturated rings. The van der Waals surface area contributed by atoms with Crippen LogP contribution in [0.4, 0.5) is 22.7 Å². The first-order valence-electron chi connectivity index (χ1n) is 9.07. The second kappa shape index (κ2) is 7.68. The van der Waals surface area contributed by atoms with E-state index in [9.17, 15) is 0 Å². The number of hydrogen-bond acceptors (Lipinski definition) is 4. The molecule has 0 amide bonds. The zero-order valence-corrected chi connectivity index (χ0v) is 18.0. The van der Waals surface area contributed by atoms with Crippen LogP contribution in [0.5, 0.6) is 0 Å². The molecule has 0 bridgehead atoms. The molecule has 29 heavy (non-hydrogen) atoms. The fourth-order valence-corrected chi connectivity index (χ4v) is 14.4. The molecule has 5 heteroatoms. The quantitative estimate of drug-likeness (QED) is 0.224. The van der Waals surface area contributed by atoms with Gasteiger partial charge in [0, 0.05) is 0 Å². The molecule has 0 aliphatic heterocycles. The summed E-state index contributed by atoms with van der Waals surface area (Å²) in [7, 11) is 0. The van der Waals surface area contributed by atoms with E-state index in [4.69, 9.17) is 22.9 Å². The Morgan fingerprint density at radius 2 is 0.552 bits per heavy atom. The second-order valence-corrected chi connectivity index (χ2v) is 14.3. The van der Waals surface area contributed by atoms with Crippen molar-refractivity contribution in [3.8, 4) is 0 Å². The van der Waals surface area contributed by atoms with Gasteiger partial charge in [0.2, 0.25) is 0 Å². The summed E-state index contributed by atoms with van der Waals surface area (Å²) in [6.45, 7) is 0. The van der Waals surface area contributed by atoms with E-state index in [1.54, 1.807) is 0 Å². The first-order chi connectivity index (χ1) is 14.1. The van der Waals surface area contributed by atoms with Crippen molar-refractivity contribution in [3.63, 3.8) is 0 Å². The molecular formula is C24H24AuN4. The molecule has 0 aliphatic rings. The molecule has 0 saturated heterocycles. The summed E-state index contributed by atoms with van der Waals surface area (Å²) in [6.07, 6.45) is 0. The number of benzene rings is 4. The topological polar surface area (TPSA) is 104 Å². The van der Waals surface area contributed by atoms with Crippen LogP contribution in [0.15, 0.2) is 97.1 Å². The van der Waals surface area contributed by atoms with E-state index in [0.717, 1.165) is 37.9 Å². The van der Waals surface area contributed by atoms with Crippen LogP contribution in [0.1, 0.15) is 0 Å². The van der Waals surface area contributed by atoms with Crippen LogP contribution in [-0.4, -0.2) is 0 Å². The third-order valence-corrected chi connectivity index (χ3v) is 15.4. The van der Waals surface area contributed by atoms with E-state index in [2.05, 4.69) is 24.3 Å². The number of hydrogen-bond donors (Lipinski definition) is 4. The summed E-state index contributed by atoms with van der Waals surface area (Å²) in [5.41, 5.74) is 29.2. The van der Waals surface area contributed by atoms with Crippen LogP contribution in [0.25, 0.3) is 0 Å². The van der Waals surface area contributed by atoms with E-state index in [1.807, 2.05) is 72.8 Å². The van der Waals surface area contributed by atoms with Crippen molar-refractivity contribution in [2.45, 2.75) is 0 Å². The van der Waals surface area contributed by atoms with Crippen molar-refractivity contribution in [1.29, 1.82) is 0 Å². The first kappa shape index (κ1) is 19.2. The van der Waals surface area contributed by atoms with Crippen molar-refractivity contribution in [3.05, 3.63) is 97.1 Å². The third kappa shape index (κ3) is 3.08. The van der Waals surface area contributed by atoms with Crippen LogP contribution in [0.2, 0.25) is 0 Å². The molecule has 4 aromatic carbocycles. The second-order valence-electron chi connectivity index (χ2n) is 6.37. The van der Waals surface area contributed by atoms with Gasteiger partial charge in [-0.1, -0.05) is 0 Å². The molecule has 0 aliphatic carbocycles. The number of nitrogen functional groups attached to an aromatic ring is 4. The molecule has 4 nitrogen and oxygen atoms in total. The van der Waals surface area contributed by atoms with Crippen molar-refractivity contribution in [2.75, 3.05) is 22.9 Å². The standard InChI is InChI=1S/4C6H6N.Au/c4*7-6-4-2-1-3-5-6;/h4*1-4H,7H2;. The zero-order chi connectivity index (χ0) is 20.4. The minimum atomic E-state index is -3.51. The van der Waals surface area contributed by atoms with Crippen molar-refractivity contribution in [1.82, 2.24) is 0 Å². The van der Waals surface area contributed by atoms with Gasteiger partial charge < -0.3 is 0 Å². The number of anilines is 4. The SMILES string of the molecule is Nc1cccc[c]1[Au]([c]1ccccc1N)([c]1ccccc1N)[c]1ccccc1N. The Labute approximate surface area is 174 Å². The van der Waals surface area contributed by atoms with E-state index < -0.39 is 17.1 Å². The summed E-state index contributed by atoms with van der Waals surface area (Å²) in [4.78, 5) is 0. The maximum atomic E-state index is 6.59. The van der Waals surface area contributed by atoms with Crippen LogP contribution >= 0.6 is 0 Å². The van der Waals surface area contributed by atoms with Crippen molar-refractivity contribution in [2.24, 2.45) is 0 Å². The Balaban J connectivity index is 2.28. The third-order valence-electron chi connectivity index (χ3n) is 4.46. The van der Waals surface area contributed by atoms with E-state index in [1.165, 1.54) is 0 Å². The van der Waals surface area contributed by atoms with Gasteiger partial charge in [-0.15, -0.1) is 0 Å². The Morgan fingerprint density at radius 1 is 0.345 bits per heavy atom. The van der Waals surface area contributed by atoms with Crippen LogP contribution in [0, 0.1) is 0 Å². The number of para-hydroxylation sites is 4. The molecule has 0 radical (unpaired) electrons. The summed E-state index contributed by atoms with van der Waals surface area (Å²) >= 11 is -3.51. The van der Waals surface area contributed by atoms with Gasteiger partial charge in [0.25, 0.3) is 0 Å². The zero-order valence-electron chi connectivity index (χ0n) is 15.8. The Morgan fingerprint density at radius 3 is 0.759 bits per heavy atom. The summed E-state index contributed by atoms with van der Waals surface area (Å²) in [5.74, 6) is 0. The predicted molar refractivity (Wildman–Crippen MR) is 122 cm³/mol. The molecule has 0 atom stereocenters. The van der Waals surface area contributed by atoms with E-state index in [0.29, 0.717) is 0 Å². The molecule has 8 N–H and O–H groups in total. The fraction of sp³-hybridized carbons (Fsp3) is 0.